The van der Waals surface area contributed by atoms with Crippen molar-refractivity contribution in [2.45, 2.75) is 0 Å². The number of nitrogens with two attached hydrogens (primary N) is 1. The SMILES string of the molecule is NC(=O)c1cc(Oc2n[nH]c(=O)c3ccccc23)ccc1F. The Morgan fingerprint density at radius 2 is 1.91 bits per heavy atom. The standard InChI is InChI=1S/C15H10FN3O3/c16-12-6-5-8(7-11(12)13(17)20)22-15-10-4-2-1-3-9(10)14(21)18-19-15/h1-7H,(H2,17,20)(H,18,21). The van der Waals surface area contributed by atoms with Gasteiger partial charge in [0, 0.05) is 0 Å². The van der Waals surface area contributed by atoms with Crippen LogP contribution in [0.4, 0.5) is 4.39 Å². The highest BCUT2D eigenvalue weighted by Crippen LogP contribution is 2.26. The van der Waals surface area contributed by atoms with Gasteiger partial charge < -0.3 is 10.5 Å². The highest BCUT2D eigenvalue weighted by molar-refractivity contribution is 5.93. The lowest BCUT2D eigenvalue weighted by molar-refractivity contribution is 0.0996. The molecule has 0 atom stereocenters. The van der Waals surface area contributed by atoms with Gasteiger partial charge in [-0.05, 0) is 30.3 Å². The molecule has 0 bridgehead atoms. The molecule has 1 aromatic heterocycles. The molecule has 110 valence electrons. The Hall–Kier alpha value is -3.22. The van der Waals surface area contributed by atoms with E-state index in [1.54, 1.807) is 24.3 Å². The number of rotatable bonds is 3. The van der Waals surface area contributed by atoms with Gasteiger partial charge in [-0.15, -0.1) is 5.10 Å². The van der Waals surface area contributed by atoms with E-state index in [0.29, 0.717) is 10.8 Å². The lowest BCUT2D eigenvalue weighted by atomic mass is 10.2. The van der Waals surface area contributed by atoms with Crippen molar-refractivity contribution in [3.05, 3.63) is 64.2 Å². The van der Waals surface area contributed by atoms with Gasteiger partial charge in [-0.3, -0.25) is 9.59 Å². The predicted octanol–water partition coefficient (Wildman–Crippen LogP) is 1.95. The number of nitrogens with one attached hydrogen (secondary N) is 1. The Balaban J connectivity index is 2.08. The number of nitrogens with zero attached hydrogens (tertiary/aromatic N) is 1. The molecule has 2 aromatic carbocycles. The average molecular weight is 299 g/mol. The smallest absolute Gasteiger partial charge is 0.272 e. The summed E-state index contributed by atoms with van der Waals surface area (Å²) in [6, 6.07) is 10.3. The van der Waals surface area contributed by atoms with Gasteiger partial charge in [0.25, 0.3) is 11.5 Å². The molecule has 0 unspecified atom stereocenters. The van der Waals surface area contributed by atoms with Crippen LogP contribution in [0.25, 0.3) is 10.8 Å². The number of aromatic amines is 1. The van der Waals surface area contributed by atoms with Gasteiger partial charge in [0.05, 0.1) is 16.3 Å². The number of benzene rings is 2. The molecular weight excluding hydrogens is 289 g/mol. The predicted molar refractivity (Wildman–Crippen MR) is 77.4 cm³/mol. The zero-order chi connectivity index (χ0) is 15.7. The van der Waals surface area contributed by atoms with E-state index < -0.39 is 11.7 Å². The Kier molecular flexibility index (Phi) is 3.30. The molecule has 0 saturated carbocycles. The maximum absolute atomic E-state index is 13.4. The molecule has 0 radical (unpaired) electrons. The zero-order valence-electron chi connectivity index (χ0n) is 11.2. The molecule has 1 amide bonds. The molecule has 0 aliphatic carbocycles. The van der Waals surface area contributed by atoms with E-state index >= 15 is 0 Å². The van der Waals surface area contributed by atoms with E-state index in [1.165, 1.54) is 12.1 Å². The van der Waals surface area contributed by atoms with Crippen LogP contribution in [-0.4, -0.2) is 16.1 Å². The first kappa shape index (κ1) is 13.7. The highest BCUT2D eigenvalue weighted by atomic mass is 19.1. The highest BCUT2D eigenvalue weighted by Gasteiger charge is 2.12. The van der Waals surface area contributed by atoms with Crippen LogP contribution in [0.5, 0.6) is 11.6 Å². The second kappa shape index (κ2) is 5.28. The van der Waals surface area contributed by atoms with Gasteiger partial charge >= 0.3 is 0 Å². The first-order valence-corrected chi connectivity index (χ1v) is 6.31. The number of fused-ring (bicyclic) bond motifs is 1. The molecule has 6 nitrogen and oxygen atoms in total. The van der Waals surface area contributed by atoms with Crippen LogP contribution in [0.15, 0.2) is 47.3 Å². The fraction of sp³-hybridized carbons (Fsp3) is 0. The summed E-state index contributed by atoms with van der Waals surface area (Å²) in [6.07, 6.45) is 0. The van der Waals surface area contributed by atoms with Gasteiger partial charge in [0.1, 0.15) is 11.6 Å². The summed E-state index contributed by atoms with van der Waals surface area (Å²) >= 11 is 0. The molecule has 0 saturated heterocycles. The summed E-state index contributed by atoms with van der Waals surface area (Å²) in [5.41, 5.74) is 4.46. The fourth-order valence-electron chi connectivity index (χ4n) is 2.04. The largest absolute Gasteiger partial charge is 0.437 e. The third-order valence-corrected chi connectivity index (χ3v) is 3.08. The van der Waals surface area contributed by atoms with E-state index in [9.17, 15) is 14.0 Å². The van der Waals surface area contributed by atoms with Crippen molar-refractivity contribution in [2.75, 3.05) is 0 Å². The van der Waals surface area contributed by atoms with Crippen molar-refractivity contribution in [3.8, 4) is 11.6 Å². The van der Waals surface area contributed by atoms with Gasteiger partial charge in [0.15, 0.2) is 0 Å². The topological polar surface area (TPSA) is 98.1 Å². The lowest BCUT2D eigenvalue weighted by Gasteiger charge is -2.08. The van der Waals surface area contributed by atoms with E-state index in [-0.39, 0.29) is 22.8 Å². The summed E-state index contributed by atoms with van der Waals surface area (Å²) in [7, 11) is 0. The number of halogens is 1. The lowest BCUT2D eigenvalue weighted by Crippen LogP contribution is -2.13. The van der Waals surface area contributed by atoms with Crippen molar-refractivity contribution in [3.63, 3.8) is 0 Å². The Bertz CT molecular complexity index is 937. The molecule has 0 fully saturated rings. The number of ether oxygens (including phenoxy) is 1. The third-order valence-electron chi connectivity index (χ3n) is 3.08. The zero-order valence-corrected chi connectivity index (χ0v) is 11.2. The van der Waals surface area contributed by atoms with Crippen molar-refractivity contribution in [1.29, 1.82) is 0 Å². The Morgan fingerprint density at radius 1 is 1.18 bits per heavy atom. The molecule has 3 aromatic rings. The molecule has 7 heteroatoms. The number of aromatic nitrogens is 2. The fourth-order valence-corrected chi connectivity index (χ4v) is 2.04. The maximum Gasteiger partial charge on any atom is 0.272 e. The van der Waals surface area contributed by atoms with Crippen molar-refractivity contribution in [1.82, 2.24) is 10.2 Å². The van der Waals surface area contributed by atoms with E-state index in [4.69, 9.17) is 10.5 Å². The summed E-state index contributed by atoms with van der Waals surface area (Å²) in [5.74, 6) is -1.32. The number of amides is 1. The molecule has 0 aliphatic heterocycles. The Morgan fingerprint density at radius 3 is 2.64 bits per heavy atom. The monoisotopic (exact) mass is 299 g/mol. The maximum atomic E-state index is 13.4. The van der Waals surface area contributed by atoms with Crippen molar-refractivity contribution >= 4 is 16.7 Å². The summed E-state index contributed by atoms with van der Waals surface area (Å²) in [5, 5.41) is 7.05. The molecule has 3 N–H and O–H groups in total. The molecule has 22 heavy (non-hydrogen) atoms. The number of hydrogen-bond donors (Lipinski definition) is 2. The summed E-state index contributed by atoms with van der Waals surface area (Å²) < 4.78 is 19.0. The van der Waals surface area contributed by atoms with Gasteiger partial charge in [-0.25, -0.2) is 9.49 Å². The van der Waals surface area contributed by atoms with E-state index in [1.807, 2.05) is 0 Å². The van der Waals surface area contributed by atoms with Crippen LogP contribution < -0.4 is 16.0 Å². The first-order chi connectivity index (χ1) is 10.6. The Labute approximate surface area is 123 Å². The number of carbonyl (C=O) groups is 1. The molecule has 1 heterocycles. The quantitative estimate of drug-likeness (QED) is 0.772. The first-order valence-electron chi connectivity index (χ1n) is 6.31. The van der Waals surface area contributed by atoms with E-state index in [2.05, 4.69) is 10.2 Å². The summed E-state index contributed by atoms with van der Waals surface area (Å²) in [4.78, 5) is 22.8. The van der Waals surface area contributed by atoms with Crippen LogP contribution in [0.2, 0.25) is 0 Å². The van der Waals surface area contributed by atoms with Gasteiger partial charge in [0.2, 0.25) is 5.88 Å². The van der Waals surface area contributed by atoms with Crippen LogP contribution in [0.3, 0.4) is 0 Å². The summed E-state index contributed by atoms with van der Waals surface area (Å²) in [6.45, 7) is 0. The molecular formula is C15H10FN3O3. The van der Waals surface area contributed by atoms with Crippen molar-refractivity contribution < 1.29 is 13.9 Å². The van der Waals surface area contributed by atoms with Crippen LogP contribution in [0.1, 0.15) is 10.4 Å². The van der Waals surface area contributed by atoms with Gasteiger partial charge in [-0.2, -0.15) is 0 Å². The van der Waals surface area contributed by atoms with Gasteiger partial charge in [-0.1, -0.05) is 12.1 Å². The second-order valence-corrected chi connectivity index (χ2v) is 4.51. The van der Waals surface area contributed by atoms with Crippen LogP contribution >= 0.6 is 0 Å². The average Bonchev–Trinajstić information content (AvgIpc) is 2.52. The minimum absolute atomic E-state index is 0.136. The van der Waals surface area contributed by atoms with E-state index in [0.717, 1.165) is 6.07 Å². The minimum atomic E-state index is -0.901. The van der Waals surface area contributed by atoms with Crippen molar-refractivity contribution in [2.24, 2.45) is 5.73 Å². The molecule has 0 spiro atoms. The normalized spacial score (nSPS) is 10.6. The van der Waals surface area contributed by atoms with Crippen LogP contribution in [0, 0.1) is 5.82 Å². The second-order valence-electron chi connectivity index (χ2n) is 4.51. The molecule has 3 rings (SSSR count). The number of H-pyrrole nitrogens is 1. The third kappa shape index (κ3) is 2.39. The van der Waals surface area contributed by atoms with Crippen LogP contribution in [-0.2, 0) is 0 Å². The number of carbonyl (C=O) groups excluding carboxylic acids is 1. The number of primary amides is 1. The number of hydrogen-bond acceptors (Lipinski definition) is 4. The minimum Gasteiger partial charge on any atom is -0.437 e. The molecule has 0 aliphatic rings.